The van der Waals surface area contributed by atoms with Crippen LogP contribution in [0.15, 0.2) is 0 Å². The zero-order valence-corrected chi connectivity index (χ0v) is 10.2. The molecule has 0 aromatic carbocycles. The molecule has 1 aromatic rings. The van der Waals surface area contributed by atoms with E-state index in [4.69, 9.17) is 6.42 Å². The lowest BCUT2D eigenvalue weighted by Crippen LogP contribution is -2.24. The third-order valence-corrected chi connectivity index (χ3v) is 4.30. The predicted molar refractivity (Wildman–Crippen MR) is 66.8 cm³/mol. The van der Waals surface area contributed by atoms with Crippen LogP contribution in [0.4, 0.5) is 5.13 Å². The monoisotopic (exact) mass is 247 g/mol. The van der Waals surface area contributed by atoms with Crippen LogP contribution in [-0.2, 0) is 17.8 Å². The Morgan fingerprint density at radius 2 is 2.47 bits per heavy atom. The molecule has 0 spiro atoms. The van der Waals surface area contributed by atoms with Crippen LogP contribution in [0.25, 0.3) is 0 Å². The number of anilines is 1. The Labute approximate surface area is 104 Å². The Hall–Kier alpha value is -1.38. The van der Waals surface area contributed by atoms with Crippen LogP contribution in [0.5, 0.6) is 0 Å². The summed E-state index contributed by atoms with van der Waals surface area (Å²) >= 11 is 1.61. The van der Waals surface area contributed by atoms with Gasteiger partial charge < -0.3 is 5.32 Å². The zero-order valence-electron chi connectivity index (χ0n) is 9.40. The molecule has 1 fully saturated rings. The minimum absolute atomic E-state index is 0.0431. The summed E-state index contributed by atoms with van der Waals surface area (Å²) in [5, 5.41) is 4.13. The van der Waals surface area contributed by atoms with Crippen LogP contribution in [0, 0.1) is 18.3 Å². The number of hydrogen-bond acceptors (Lipinski definition) is 4. The minimum atomic E-state index is 0.0431. The van der Waals surface area contributed by atoms with E-state index in [2.05, 4.69) is 16.2 Å². The lowest BCUT2D eigenvalue weighted by atomic mass is 10.1. The number of hydrogen-bond donors (Lipinski definition) is 1. The maximum Gasteiger partial charge on any atom is 0.230 e. The Kier molecular flexibility index (Phi) is 2.61. The molecule has 1 N–H and O–H groups in total. The average Bonchev–Trinajstić information content (AvgIpc) is 2.91. The number of rotatable bonds is 1. The van der Waals surface area contributed by atoms with E-state index in [9.17, 15) is 4.79 Å². The van der Waals surface area contributed by atoms with E-state index < -0.39 is 0 Å². The zero-order chi connectivity index (χ0) is 11.8. The molecule has 5 heteroatoms. The molecule has 3 heterocycles. The van der Waals surface area contributed by atoms with Gasteiger partial charge in [0.1, 0.15) is 0 Å². The first-order chi connectivity index (χ1) is 8.28. The van der Waals surface area contributed by atoms with E-state index in [0.29, 0.717) is 13.0 Å². The molecular formula is C12H13N3OS. The van der Waals surface area contributed by atoms with Crippen molar-refractivity contribution in [3.8, 4) is 12.3 Å². The van der Waals surface area contributed by atoms with E-state index >= 15 is 0 Å². The second-order valence-electron chi connectivity index (χ2n) is 4.37. The molecule has 1 amide bonds. The van der Waals surface area contributed by atoms with Gasteiger partial charge in [-0.15, -0.1) is 12.3 Å². The maximum atomic E-state index is 11.8. The van der Waals surface area contributed by atoms with Crippen molar-refractivity contribution in [1.29, 1.82) is 0 Å². The molecule has 0 saturated carbocycles. The molecule has 1 atom stereocenters. The van der Waals surface area contributed by atoms with Crippen molar-refractivity contribution >= 4 is 22.4 Å². The molecule has 1 saturated heterocycles. The van der Waals surface area contributed by atoms with E-state index in [1.165, 1.54) is 4.88 Å². The lowest BCUT2D eigenvalue weighted by molar-refractivity contribution is -0.117. The van der Waals surface area contributed by atoms with E-state index in [0.717, 1.165) is 30.3 Å². The summed E-state index contributed by atoms with van der Waals surface area (Å²) in [6, 6.07) is 0. The van der Waals surface area contributed by atoms with Gasteiger partial charge in [0.05, 0.1) is 5.69 Å². The topological polar surface area (TPSA) is 45.2 Å². The van der Waals surface area contributed by atoms with Crippen molar-refractivity contribution in [3.05, 3.63) is 10.6 Å². The number of fused-ring (bicyclic) bond motifs is 1. The van der Waals surface area contributed by atoms with Crippen LogP contribution in [0.2, 0.25) is 0 Å². The van der Waals surface area contributed by atoms with Crippen LogP contribution in [0.3, 0.4) is 0 Å². The summed E-state index contributed by atoms with van der Waals surface area (Å²) in [5.41, 5.74) is 1.14. The van der Waals surface area contributed by atoms with Crippen molar-refractivity contribution in [2.24, 2.45) is 5.92 Å². The number of amides is 1. The van der Waals surface area contributed by atoms with Crippen molar-refractivity contribution < 1.29 is 4.79 Å². The van der Waals surface area contributed by atoms with Crippen molar-refractivity contribution in [3.63, 3.8) is 0 Å². The summed E-state index contributed by atoms with van der Waals surface area (Å²) in [4.78, 5) is 19.4. The molecule has 0 radical (unpaired) electrons. The largest absolute Gasteiger partial charge is 0.311 e. The normalized spacial score (nSPS) is 23.6. The molecule has 3 rings (SSSR count). The summed E-state index contributed by atoms with van der Waals surface area (Å²) in [7, 11) is 0. The van der Waals surface area contributed by atoms with Gasteiger partial charge in [0, 0.05) is 43.3 Å². The number of aromatic nitrogens is 1. The fourth-order valence-electron chi connectivity index (χ4n) is 2.23. The third kappa shape index (κ3) is 1.84. The first-order valence-electron chi connectivity index (χ1n) is 5.73. The van der Waals surface area contributed by atoms with E-state index in [1.807, 2.05) is 0 Å². The van der Waals surface area contributed by atoms with Crippen LogP contribution >= 0.6 is 11.3 Å². The van der Waals surface area contributed by atoms with Gasteiger partial charge in [0.2, 0.25) is 5.91 Å². The Balaban J connectivity index is 1.87. The van der Waals surface area contributed by atoms with E-state index in [-0.39, 0.29) is 11.8 Å². The quantitative estimate of drug-likeness (QED) is 0.746. The van der Waals surface area contributed by atoms with Gasteiger partial charge >= 0.3 is 0 Å². The molecule has 17 heavy (non-hydrogen) atoms. The molecule has 2 aliphatic rings. The number of thiazole rings is 1. The summed E-state index contributed by atoms with van der Waals surface area (Å²) in [6.45, 7) is 2.46. The fourth-order valence-corrected chi connectivity index (χ4v) is 3.33. The molecule has 0 aliphatic carbocycles. The lowest BCUT2D eigenvalue weighted by Gasteiger charge is -2.10. The maximum absolute atomic E-state index is 11.8. The van der Waals surface area contributed by atoms with Gasteiger partial charge in [0.25, 0.3) is 0 Å². The number of carbonyl (C=O) groups excluding carboxylic acids is 1. The second-order valence-corrected chi connectivity index (χ2v) is 5.43. The third-order valence-electron chi connectivity index (χ3n) is 3.18. The highest BCUT2D eigenvalue weighted by atomic mass is 32.1. The number of carbonyl (C=O) groups is 1. The van der Waals surface area contributed by atoms with Gasteiger partial charge in [-0.05, 0) is 0 Å². The van der Waals surface area contributed by atoms with Gasteiger partial charge in [-0.1, -0.05) is 11.3 Å². The van der Waals surface area contributed by atoms with Gasteiger partial charge in [-0.3, -0.25) is 9.69 Å². The van der Waals surface area contributed by atoms with Gasteiger partial charge in [-0.25, -0.2) is 4.98 Å². The number of nitrogens with one attached hydrogen (secondary N) is 1. The number of terminal acetylenes is 1. The average molecular weight is 247 g/mol. The van der Waals surface area contributed by atoms with Crippen LogP contribution in [0.1, 0.15) is 17.0 Å². The van der Waals surface area contributed by atoms with Crippen molar-refractivity contribution in [1.82, 2.24) is 10.3 Å². The Bertz CT molecular complexity index is 479. The highest BCUT2D eigenvalue weighted by Gasteiger charge is 2.32. The molecule has 1 aromatic heterocycles. The first-order valence-corrected chi connectivity index (χ1v) is 6.55. The molecule has 0 bridgehead atoms. The Morgan fingerprint density at radius 3 is 3.18 bits per heavy atom. The molecular weight excluding hydrogens is 234 g/mol. The summed E-state index contributed by atoms with van der Waals surface area (Å²) < 4.78 is 0. The van der Waals surface area contributed by atoms with E-state index in [1.54, 1.807) is 16.2 Å². The van der Waals surface area contributed by atoms with Crippen LogP contribution < -0.4 is 10.2 Å². The number of nitrogens with zero attached hydrogens (tertiary/aromatic N) is 2. The van der Waals surface area contributed by atoms with Crippen molar-refractivity contribution in [2.75, 3.05) is 18.0 Å². The molecule has 1 unspecified atom stereocenters. The second kappa shape index (κ2) is 4.13. The Morgan fingerprint density at radius 1 is 1.59 bits per heavy atom. The first kappa shape index (κ1) is 10.8. The SMILES string of the molecule is C#CC1CC(=O)N(c2nc3c(s2)CNCC3)C1. The fraction of sp³-hybridized carbons (Fsp3) is 0.500. The highest BCUT2D eigenvalue weighted by molar-refractivity contribution is 7.16. The molecule has 2 aliphatic heterocycles. The van der Waals surface area contributed by atoms with Gasteiger partial charge in [0.15, 0.2) is 5.13 Å². The summed E-state index contributed by atoms with van der Waals surface area (Å²) in [5.74, 6) is 2.80. The smallest absolute Gasteiger partial charge is 0.230 e. The predicted octanol–water partition coefficient (Wildman–Crippen LogP) is 0.775. The minimum Gasteiger partial charge on any atom is -0.311 e. The summed E-state index contributed by atoms with van der Waals surface area (Å²) in [6.07, 6.45) is 6.79. The highest BCUT2D eigenvalue weighted by Crippen LogP contribution is 2.32. The van der Waals surface area contributed by atoms with Crippen LogP contribution in [-0.4, -0.2) is 24.0 Å². The van der Waals surface area contributed by atoms with Crippen molar-refractivity contribution in [2.45, 2.75) is 19.4 Å². The standard InChI is InChI=1S/C12H13N3OS/c1-2-8-5-11(16)15(7-8)12-14-9-3-4-13-6-10(9)17-12/h1,8,13H,3-7H2. The molecule has 4 nitrogen and oxygen atoms in total. The van der Waals surface area contributed by atoms with Gasteiger partial charge in [-0.2, -0.15) is 0 Å². The molecule has 88 valence electrons.